The predicted molar refractivity (Wildman–Crippen MR) is 58.8 cm³/mol. The molecule has 3 heteroatoms. The van der Waals surface area contributed by atoms with Crippen molar-refractivity contribution < 1.29 is 0 Å². The minimum Gasteiger partial charge on any atom is -0.329 e. The van der Waals surface area contributed by atoms with Gasteiger partial charge < -0.3 is 5.73 Å². The van der Waals surface area contributed by atoms with Gasteiger partial charge in [0.2, 0.25) is 0 Å². The van der Waals surface area contributed by atoms with E-state index in [1.54, 1.807) is 0 Å². The summed E-state index contributed by atoms with van der Waals surface area (Å²) in [7, 11) is 0. The number of nitrogens with zero attached hydrogens (tertiary/aromatic N) is 1. The Bertz CT molecular complexity index is 263. The van der Waals surface area contributed by atoms with E-state index in [1.165, 1.54) is 11.3 Å². The molecule has 0 saturated carbocycles. The average Bonchev–Trinajstić information content (AvgIpc) is 2.16. The van der Waals surface area contributed by atoms with Crippen molar-refractivity contribution in [3.05, 3.63) is 29.6 Å². The van der Waals surface area contributed by atoms with Crippen LogP contribution in [0.5, 0.6) is 0 Å². The fourth-order valence-electron chi connectivity index (χ4n) is 0.959. The number of rotatable bonds is 4. The fraction of sp³-hybridized carbons (Fsp3) is 0.500. The van der Waals surface area contributed by atoms with Crippen molar-refractivity contribution in [2.45, 2.75) is 24.9 Å². The largest absolute Gasteiger partial charge is 0.329 e. The molecule has 2 nitrogen and oxygen atoms in total. The monoisotopic (exact) mass is 196 g/mol. The summed E-state index contributed by atoms with van der Waals surface area (Å²) in [5, 5.41) is 0.515. The average molecular weight is 196 g/mol. The molecule has 0 aliphatic carbocycles. The summed E-state index contributed by atoms with van der Waals surface area (Å²) in [6, 6.07) is 4.06. The third-order valence-corrected chi connectivity index (χ3v) is 3.16. The Hall–Kier alpha value is -0.540. The van der Waals surface area contributed by atoms with Crippen LogP contribution in [-0.2, 0) is 5.75 Å². The van der Waals surface area contributed by atoms with Crippen molar-refractivity contribution in [3.63, 3.8) is 0 Å². The standard InChI is InChI=1S/C10H16N2S/c1-8-4-3-5-12-10(8)7-13-9(2)6-11/h3-5,9H,6-7,11H2,1-2H3. The summed E-state index contributed by atoms with van der Waals surface area (Å²) in [6.07, 6.45) is 1.84. The molecule has 2 N–H and O–H groups in total. The number of hydrogen-bond acceptors (Lipinski definition) is 3. The van der Waals surface area contributed by atoms with Crippen LogP contribution in [0.2, 0.25) is 0 Å². The van der Waals surface area contributed by atoms with E-state index in [4.69, 9.17) is 5.73 Å². The molecule has 0 aromatic carbocycles. The van der Waals surface area contributed by atoms with Gasteiger partial charge in [0.25, 0.3) is 0 Å². The van der Waals surface area contributed by atoms with E-state index in [-0.39, 0.29) is 0 Å². The third kappa shape index (κ3) is 3.36. The molecule has 0 bridgehead atoms. The van der Waals surface area contributed by atoms with Crippen LogP contribution >= 0.6 is 11.8 Å². The molecule has 0 aliphatic rings. The quantitative estimate of drug-likeness (QED) is 0.800. The number of aromatic nitrogens is 1. The third-order valence-electron chi connectivity index (χ3n) is 1.95. The van der Waals surface area contributed by atoms with Crippen LogP contribution in [0.1, 0.15) is 18.2 Å². The van der Waals surface area contributed by atoms with Gasteiger partial charge in [0, 0.05) is 23.7 Å². The van der Waals surface area contributed by atoms with Gasteiger partial charge in [-0.15, -0.1) is 0 Å². The first-order valence-corrected chi connectivity index (χ1v) is 5.51. The van der Waals surface area contributed by atoms with E-state index < -0.39 is 0 Å². The van der Waals surface area contributed by atoms with Crippen molar-refractivity contribution in [1.29, 1.82) is 0 Å². The van der Waals surface area contributed by atoms with E-state index in [2.05, 4.69) is 24.9 Å². The van der Waals surface area contributed by atoms with E-state index in [0.717, 1.165) is 12.3 Å². The van der Waals surface area contributed by atoms with Gasteiger partial charge >= 0.3 is 0 Å². The van der Waals surface area contributed by atoms with Gasteiger partial charge in [-0.1, -0.05) is 13.0 Å². The maximum absolute atomic E-state index is 5.53. The molecule has 0 aliphatic heterocycles. The molecule has 1 aromatic rings. The van der Waals surface area contributed by atoms with Crippen LogP contribution in [0, 0.1) is 6.92 Å². The lowest BCUT2D eigenvalue weighted by molar-refractivity contribution is 0.948. The summed E-state index contributed by atoms with van der Waals surface area (Å²) in [4.78, 5) is 4.32. The van der Waals surface area contributed by atoms with Crippen molar-refractivity contribution in [3.8, 4) is 0 Å². The van der Waals surface area contributed by atoms with Crippen molar-refractivity contribution in [2.24, 2.45) is 5.73 Å². The molecule has 1 rings (SSSR count). The van der Waals surface area contributed by atoms with Gasteiger partial charge in [-0.3, -0.25) is 4.98 Å². The molecule has 1 aromatic heterocycles. The lowest BCUT2D eigenvalue weighted by Gasteiger charge is -2.08. The van der Waals surface area contributed by atoms with Gasteiger partial charge in [-0.25, -0.2) is 0 Å². The first-order chi connectivity index (χ1) is 6.24. The number of thioether (sulfide) groups is 1. The first kappa shape index (κ1) is 10.5. The van der Waals surface area contributed by atoms with Crippen LogP contribution in [0.4, 0.5) is 0 Å². The van der Waals surface area contributed by atoms with Crippen LogP contribution in [0.3, 0.4) is 0 Å². The zero-order valence-electron chi connectivity index (χ0n) is 8.16. The molecular weight excluding hydrogens is 180 g/mol. The molecule has 0 saturated heterocycles. The number of nitrogens with two attached hydrogens (primary N) is 1. The lowest BCUT2D eigenvalue weighted by atomic mass is 10.2. The molecule has 13 heavy (non-hydrogen) atoms. The molecule has 0 radical (unpaired) electrons. The van der Waals surface area contributed by atoms with Gasteiger partial charge in [0.15, 0.2) is 0 Å². The van der Waals surface area contributed by atoms with E-state index in [1.807, 2.05) is 24.0 Å². The maximum Gasteiger partial charge on any atom is 0.0531 e. The molecule has 0 fully saturated rings. The highest BCUT2D eigenvalue weighted by Crippen LogP contribution is 2.17. The Morgan fingerprint density at radius 2 is 2.38 bits per heavy atom. The van der Waals surface area contributed by atoms with Gasteiger partial charge in [0.1, 0.15) is 0 Å². The Morgan fingerprint density at radius 1 is 1.62 bits per heavy atom. The molecule has 1 atom stereocenters. The fourth-order valence-corrected chi connectivity index (χ4v) is 1.84. The normalized spacial score (nSPS) is 12.8. The van der Waals surface area contributed by atoms with Gasteiger partial charge in [-0.05, 0) is 18.6 Å². The van der Waals surface area contributed by atoms with Crippen LogP contribution in [0.25, 0.3) is 0 Å². The topological polar surface area (TPSA) is 38.9 Å². The van der Waals surface area contributed by atoms with Crippen molar-refractivity contribution in [2.75, 3.05) is 6.54 Å². The molecule has 1 unspecified atom stereocenters. The summed E-state index contributed by atoms with van der Waals surface area (Å²) in [5.41, 5.74) is 7.97. The molecule has 72 valence electrons. The van der Waals surface area contributed by atoms with Crippen molar-refractivity contribution >= 4 is 11.8 Å². The zero-order chi connectivity index (χ0) is 9.68. The van der Waals surface area contributed by atoms with E-state index in [0.29, 0.717) is 5.25 Å². The SMILES string of the molecule is Cc1cccnc1CSC(C)CN. The minimum atomic E-state index is 0.515. The Morgan fingerprint density at radius 3 is 3.00 bits per heavy atom. The molecule has 1 heterocycles. The second kappa shape index (κ2) is 5.25. The molecule has 0 spiro atoms. The summed E-state index contributed by atoms with van der Waals surface area (Å²) in [5.74, 6) is 0.963. The van der Waals surface area contributed by atoms with Crippen LogP contribution in [0.15, 0.2) is 18.3 Å². The number of hydrogen-bond donors (Lipinski definition) is 1. The molecular formula is C10H16N2S. The highest BCUT2D eigenvalue weighted by Gasteiger charge is 2.02. The summed E-state index contributed by atoms with van der Waals surface area (Å²) < 4.78 is 0. The number of aryl methyl sites for hydroxylation is 1. The van der Waals surface area contributed by atoms with E-state index >= 15 is 0 Å². The summed E-state index contributed by atoms with van der Waals surface area (Å²) in [6.45, 7) is 4.97. The zero-order valence-corrected chi connectivity index (χ0v) is 8.97. The molecule has 0 amide bonds. The van der Waals surface area contributed by atoms with Crippen LogP contribution in [-0.4, -0.2) is 16.8 Å². The highest BCUT2D eigenvalue weighted by atomic mass is 32.2. The van der Waals surface area contributed by atoms with E-state index in [9.17, 15) is 0 Å². The van der Waals surface area contributed by atoms with Gasteiger partial charge in [0.05, 0.1) is 5.69 Å². The Kier molecular flexibility index (Phi) is 4.25. The number of pyridine rings is 1. The Balaban J connectivity index is 2.50. The Labute approximate surface area is 83.9 Å². The summed E-state index contributed by atoms with van der Waals surface area (Å²) >= 11 is 1.86. The predicted octanol–water partition coefficient (Wildman–Crippen LogP) is 1.97. The maximum atomic E-state index is 5.53. The highest BCUT2D eigenvalue weighted by molar-refractivity contribution is 7.99. The smallest absolute Gasteiger partial charge is 0.0531 e. The van der Waals surface area contributed by atoms with Gasteiger partial charge in [-0.2, -0.15) is 11.8 Å². The second-order valence-corrected chi connectivity index (χ2v) is 4.55. The minimum absolute atomic E-state index is 0.515. The van der Waals surface area contributed by atoms with Crippen molar-refractivity contribution in [1.82, 2.24) is 4.98 Å². The second-order valence-electron chi connectivity index (χ2n) is 3.12. The lowest BCUT2D eigenvalue weighted by Crippen LogP contribution is -2.12. The van der Waals surface area contributed by atoms with Crippen LogP contribution < -0.4 is 5.73 Å². The first-order valence-electron chi connectivity index (χ1n) is 4.46.